The van der Waals surface area contributed by atoms with Gasteiger partial charge in [0.1, 0.15) is 12.6 Å². The smallest absolute Gasteiger partial charge is 0.306 e. The Kier molecular flexibility index (Phi) is 31.7. The summed E-state index contributed by atoms with van der Waals surface area (Å²) in [5.74, 6) is -1.82. The lowest BCUT2D eigenvalue weighted by Gasteiger charge is -2.34. The molecule has 0 aromatic rings. The lowest BCUT2D eigenvalue weighted by Crippen LogP contribution is -2.55. The number of carbonyl (C=O) groups excluding carboxylic acids is 3. The highest BCUT2D eigenvalue weighted by Crippen LogP contribution is 2.12. The van der Waals surface area contributed by atoms with E-state index in [0.717, 1.165) is 70.6 Å². The van der Waals surface area contributed by atoms with Crippen molar-refractivity contribution in [3.63, 3.8) is 0 Å². The molecule has 8 nitrogen and oxygen atoms in total. The number of unbranched alkanes of at least 4 members (excludes halogenated alkanes) is 11. The zero-order chi connectivity index (χ0) is 37.8. The van der Waals surface area contributed by atoms with Gasteiger partial charge in [-0.3, -0.25) is 9.59 Å². The first-order valence-corrected chi connectivity index (χ1v) is 19.5. The normalized spacial score (nSPS) is 13.8. The van der Waals surface area contributed by atoms with Gasteiger partial charge < -0.3 is 28.6 Å². The molecule has 0 aliphatic heterocycles. The number of aliphatic carboxylic acids is 1. The summed E-state index contributed by atoms with van der Waals surface area (Å²) in [6.07, 6.45) is 40.7. The van der Waals surface area contributed by atoms with E-state index in [1.165, 1.54) is 25.7 Å². The van der Waals surface area contributed by atoms with Crippen LogP contribution in [0.2, 0.25) is 0 Å². The number of hydrogen-bond donors (Lipinski definition) is 0. The van der Waals surface area contributed by atoms with Crippen LogP contribution in [0.5, 0.6) is 0 Å². The molecular formula is C43H71NO7. The summed E-state index contributed by atoms with van der Waals surface area (Å²) in [5.41, 5.74) is 0. The maximum absolute atomic E-state index is 12.6. The number of hydrogen-bond acceptors (Lipinski definition) is 7. The van der Waals surface area contributed by atoms with Crippen molar-refractivity contribution in [1.82, 2.24) is 0 Å². The third kappa shape index (κ3) is 32.4. The first kappa shape index (κ1) is 47.8. The van der Waals surface area contributed by atoms with Gasteiger partial charge in [-0.15, -0.1) is 0 Å². The van der Waals surface area contributed by atoms with E-state index in [-0.39, 0.29) is 42.7 Å². The van der Waals surface area contributed by atoms with E-state index >= 15 is 0 Å². The van der Waals surface area contributed by atoms with Gasteiger partial charge in [0.15, 0.2) is 6.10 Å². The van der Waals surface area contributed by atoms with Crippen molar-refractivity contribution in [2.45, 2.75) is 142 Å². The molecule has 0 saturated carbocycles. The van der Waals surface area contributed by atoms with Crippen molar-refractivity contribution in [3.8, 4) is 0 Å². The molecule has 0 rings (SSSR count). The molecule has 51 heavy (non-hydrogen) atoms. The van der Waals surface area contributed by atoms with Crippen molar-refractivity contribution in [3.05, 3.63) is 72.9 Å². The van der Waals surface area contributed by atoms with Gasteiger partial charge in [0.2, 0.25) is 0 Å². The second kappa shape index (κ2) is 33.9. The summed E-state index contributed by atoms with van der Waals surface area (Å²) in [6.45, 7) is 4.41. The Bertz CT molecular complexity index is 1060. The highest BCUT2D eigenvalue weighted by atomic mass is 16.6. The Hall–Kier alpha value is -3.23. The second-order valence-electron chi connectivity index (χ2n) is 13.9. The van der Waals surface area contributed by atoms with E-state index < -0.39 is 18.1 Å². The largest absolute Gasteiger partial charge is 0.544 e. The van der Waals surface area contributed by atoms with E-state index in [4.69, 9.17) is 14.2 Å². The van der Waals surface area contributed by atoms with Crippen LogP contribution in [0.1, 0.15) is 129 Å². The molecule has 0 spiro atoms. The zero-order valence-corrected chi connectivity index (χ0v) is 32.7. The lowest BCUT2D eigenvalue weighted by molar-refractivity contribution is -0.889. The molecule has 0 fully saturated rings. The molecule has 290 valence electrons. The summed E-state index contributed by atoms with van der Waals surface area (Å²) in [4.78, 5) is 36.7. The minimum Gasteiger partial charge on any atom is -0.544 e. The predicted octanol–water partition coefficient (Wildman–Crippen LogP) is 8.68. The zero-order valence-electron chi connectivity index (χ0n) is 32.7. The first-order chi connectivity index (χ1) is 24.6. The standard InChI is InChI=1S/C43H71NO7/c1-6-8-10-12-14-16-18-20-21-22-24-25-27-29-31-33-41(45)50-38-39(37-49-36-35-40(43(47)48)44(3,4)5)51-42(46)34-32-30-28-26-23-19-17-15-13-11-9-7-2/h8,10,12,14-18,20-22,24,39-40H,6-7,9,11,13,19,23,25-38H2,1-5H3/b10-8+,14-12+,17-15+,18-16+,21-20+,24-22+. The Morgan fingerprint density at radius 3 is 1.71 bits per heavy atom. The molecule has 0 radical (unpaired) electrons. The molecule has 0 saturated heterocycles. The third-order valence-electron chi connectivity index (χ3n) is 8.20. The predicted molar refractivity (Wildman–Crippen MR) is 208 cm³/mol. The minimum atomic E-state index is -1.14. The van der Waals surface area contributed by atoms with Crippen LogP contribution in [0.4, 0.5) is 0 Å². The van der Waals surface area contributed by atoms with Gasteiger partial charge >= 0.3 is 11.9 Å². The SMILES string of the molecule is CC/C=C/C=C/C=C/C=C/C=C/CCCCCC(=O)OCC(COCCC(C(=O)[O-])[N+](C)(C)C)OC(=O)CCCCCCC/C=C/CCCCC. The van der Waals surface area contributed by atoms with Crippen molar-refractivity contribution in [2.75, 3.05) is 41.0 Å². The maximum Gasteiger partial charge on any atom is 0.306 e. The highest BCUT2D eigenvalue weighted by Gasteiger charge is 2.25. The fraction of sp³-hybridized carbons (Fsp3) is 0.651. The summed E-state index contributed by atoms with van der Waals surface area (Å²) in [7, 11) is 5.37. The number of carboxylic acids is 1. The Labute approximate surface area is 311 Å². The molecule has 0 heterocycles. The number of carboxylic acid groups (broad SMARTS) is 1. The summed E-state index contributed by atoms with van der Waals surface area (Å²) in [6, 6.07) is -0.736. The third-order valence-corrected chi connectivity index (χ3v) is 8.20. The van der Waals surface area contributed by atoms with Crippen LogP contribution in [0.3, 0.4) is 0 Å². The molecule has 0 aromatic heterocycles. The number of allylic oxidation sites excluding steroid dienone is 12. The first-order valence-electron chi connectivity index (χ1n) is 19.5. The summed E-state index contributed by atoms with van der Waals surface area (Å²) < 4.78 is 17.0. The quantitative estimate of drug-likeness (QED) is 0.0221. The molecule has 0 bridgehead atoms. The van der Waals surface area contributed by atoms with Gasteiger partial charge in [0, 0.05) is 19.3 Å². The average molecular weight is 714 g/mol. The number of ether oxygens (including phenoxy) is 3. The molecule has 0 aliphatic rings. The number of likely N-dealkylation sites (N-methyl/N-ethyl adjacent to an activating group) is 1. The van der Waals surface area contributed by atoms with E-state index in [1.807, 2.05) is 48.6 Å². The number of rotatable bonds is 33. The number of esters is 2. The van der Waals surface area contributed by atoms with Gasteiger partial charge in [-0.05, 0) is 57.8 Å². The highest BCUT2D eigenvalue weighted by molar-refractivity contribution is 5.70. The van der Waals surface area contributed by atoms with Crippen LogP contribution in [0, 0.1) is 0 Å². The molecule has 2 atom stereocenters. The Balaban J connectivity index is 4.53. The van der Waals surface area contributed by atoms with E-state index in [2.05, 4.69) is 38.2 Å². The van der Waals surface area contributed by atoms with Gasteiger partial charge in [0.05, 0.1) is 40.3 Å². The van der Waals surface area contributed by atoms with Crippen LogP contribution in [-0.4, -0.2) is 75.5 Å². The van der Waals surface area contributed by atoms with Crippen LogP contribution >= 0.6 is 0 Å². The maximum atomic E-state index is 12.6. The van der Waals surface area contributed by atoms with Crippen LogP contribution in [0.25, 0.3) is 0 Å². The van der Waals surface area contributed by atoms with Crippen molar-refractivity contribution in [2.24, 2.45) is 0 Å². The van der Waals surface area contributed by atoms with Gasteiger partial charge in [-0.2, -0.15) is 0 Å². The van der Waals surface area contributed by atoms with Gasteiger partial charge in [0.25, 0.3) is 0 Å². The lowest BCUT2D eigenvalue weighted by atomic mass is 10.1. The monoisotopic (exact) mass is 714 g/mol. The Morgan fingerprint density at radius 1 is 0.608 bits per heavy atom. The number of carbonyl (C=O) groups is 3. The Morgan fingerprint density at radius 2 is 1.12 bits per heavy atom. The second-order valence-corrected chi connectivity index (χ2v) is 13.9. The van der Waals surface area contributed by atoms with Crippen molar-refractivity contribution >= 4 is 17.9 Å². The topological polar surface area (TPSA) is 102 Å². The van der Waals surface area contributed by atoms with E-state index in [0.29, 0.717) is 12.8 Å². The molecule has 2 unspecified atom stereocenters. The molecular weight excluding hydrogens is 642 g/mol. The van der Waals surface area contributed by atoms with Crippen molar-refractivity contribution in [1.29, 1.82) is 0 Å². The summed E-state index contributed by atoms with van der Waals surface area (Å²) >= 11 is 0. The van der Waals surface area contributed by atoms with E-state index in [9.17, 15) is 19.5 Å². The fourth-order valence-corrected chi connectivity index (χ4v) is 5.14. The van der Waals surface area contributed by atoms with Crippen LogP contribution in [-0.2, 0) is 28.6 Å². The molecule has 0 aliphatic carbocycles. The van der Waals surface area contributed by atoms with E-state index in [1.54, 1.807) is 21.1 Å². The average Bonchev–Trinajstić information content (AvgIpc) is 3.08. The summed E-state index contributed by atoms with van der Waals surface area (Å²) in [5, 5.41) is 11.6. The minimum absolute atomic E-state index is 0.0193. The molecule has 8 heteroatoms. The van der Waals surface area contributed by atoms with Gasteiger partial charge in [-0.25, -0.2) is 0 Å². The van der Waals surface area contributed by atoms with Crippen LogP contribution in [0.15, 0.2) is 72.9 Å². The molecule has 0 N–H and O–H groups in total. The molecule has 0 aromatic carbocycles. The number of nitrogens with zero attached hydrogens (tertiary/aromatic N) is 1. The van der Waals surface area contributed by atoms with Crippen molar-refractivity contribution < 1.29 is 38.2 Å². The van der Waals surface area contributed by atoms with Gasteiger partial charge in [-0.1, -0.05) is 125 Å². The molecule has 0 amide bonds. The fourth-order valence-electron chi connectivity index (χ4n) is 5.14. The van der Waals surface area contributed by atoms with Crippen LogP contribution < -0.4 is 5.11 Å². The number of quaternary nitrogens is 1.